The molecule has 0 saturated heterocycles. The Morgan fingerprint density at radius 3 is 1.10 bits per heavy atom. The topological polar surface area (TPSA) is 95.9 Å². The first-order chi connectivity index (χ1) is 35.0. The van der Waals surface area contributed by atoms with Gasteiger partial charge in [-0.3, -0.25) is 9.59 Å². The quantitative estimate of drug-likeness (QED) is 0.0320. The summed E-state index contributed by atoms with van der Waals surface area (Å²) in [6, 6.07) is -0.557. The van der Waals surface area contributed by atoms with E-state index in [0.717, 1.165) is 64.2 Å². The number of amides is 1. The number of nitrogens with one attached hydrogen (secondary N) is 1. The molecule has 0 bridgehead atoms. The fraction of sp³-hybridized carbons (Fsp3) is 0.908. The molecule has 6 heteroatoms. The van der Waals surface area contributed by atoms with Crippen LogP contribution in [-0.2, 0) is 14.3 Å². The van der Waals surface area contributed by atoms with Crippen LogP contribution in [0.5, 0.6) is 0 Å². The highest BCUT2D eigenvalue weighted by molar-refractivity contribution is 5.76. The van der Waals surface area contributed by atoms with Crippen LogP contribution in [0.25, 0.3) is 0 Å². The number of hydrogen-bond donors (Lipinski definition) is 3. The average molecular weight is 1000 g/mol. The molecule has 0 heterocycles. The molecule has 0 aromatic heterocycles. The Morgan fingerprint density at radius 1 is 0.394 bits per heavy atom. The molecule has 0 radical (unpaired) electrons. The molecular formula is C65H125NO5. The van der Waals surface area contributed by atoms with Gasteiger partial charge >= 0.3 is 5.97 Å². The van der Waals surface area contributed by atoms with Crippen molar-refractivity contribution in [2.75, 3.05) is 13.2 Å². The first-order valence-electron chi connectivity index (χ1n) is 32.1. The molecule has 2 atom stereocenters. The SMILES string of the molecule is CCCCC/C=C\C/C=C\CCCCCCCCCCCC(=O)OCCCCCCCCCCCCCC(=O)NC(CO)C(O)CCCCCCCCCCCCCCCCCCCCCCCCCC. The van der Waals surface area contributed by atoms with Crippen LogP contribution in [0, 0.1) is 0 Å². The second kappa shape index (κ2) is 60.9. The van der Waals surface area contributed by atoms with E-state index in [1.807, 2.05) is 0 Å². The van der Waals surface area contributed by atoms with Crippen LogP contribution >= 0.6 is 0 Å². The van der Waals surface area contributed by atoms with Crippen molar-refractivity contribution in [3.05, 3.63) is 24.3 Å². The Balaban J connectivity index is 3.44. The zero-order valence-electron chi connectivity index (χ0n) is 48.0. The zero-order chi connectivity index (χ0) is 51.4. The van der Waals surface area contributed by atoms with E-state index < -0.39 is 12.1 Å². The number of allylic oxidation sites excluding steroid dienone is 4. The van der Waals surface area contributed by atoms with E-state index in [2.05, 4.69) is 43.5 Å². The van der Waals surface area contributed by atoms with Crippen molar-refractivity contribution in [2.24, 2.45) is 0 Å². The van der Waals surface area contributed by atoms with Crippen LogP contribution in [0.2, 0.25) is 0 Å². The predicted molar refractivity (Wildman–Crippen MR) is 310 cm³/mol. The van der Waals surface area contributed by atoms with E-state index in [9.17, 15) is 19.8 Å². The largest absolute Gasteiger partial charge is 0.466 e. The maximum Gasteiger partial charge on any atom is 0.305 e. The molecule has 2 unspecified atom stereocenters. The van der Waals surface area contributed by atoms with Gasteiger partial charge in [0.05, 0.1) is 25.4 Å². The number of aliphatic hydroxyl groups excluding tert-OH is 2. The molecule has 0 aromatic rings. The van der Waals surface area contributed by atoms with Crippen LogP contribution in [0.3, 0.4) is 0 Å². The van der Waals surface area contributed by atoms with Crippen molar-refractivity contribution in [1.82, 2.24) is 5.32 Å². The number of ether oxygens (including phenoxy) is 1. The number of rotatable bonds is 60. The van der Waals surface area contributed by atoms with Crippen LogP contribution in [0.1, 0.15) is 354 Å². The number of esters is 1. The van der Waals surface area contributed by atoms with Crippen molar-refractivity contribution in [3.63, 3.8) is 0 Å². The third-order valence-electron chi connectivity index (χ3n) is 15.0. The molecule has 420 valence electrons. The van der Waals surface area contributed by atoms with Crippen molar-refractivity contribution < 1.29 is 24.5 Å². The minimum atomic E-state index is -0.678. The van der Waals surface area contributed by atoms with Crippen molar-refractivity contribution in [2.45, 2.75) is 366 Å². The van der Waals surface area contributed by atoms with Crippen LogP contribution in [0.15, 0.2) is 24.3 Å². The summed E-state index contributed by atoms with van der Waals surface area (Å²) in [6.07, 6.45) is 74.7. The van der Waals surface area contributed by atoms with E-state index in [1.54, 1.807) is 0 Å². The molecule has 0 fully saturated rings. The third kappa shape index (κ3) is 57.5. The van der Waals surface area contributed by atoms with Crippen LogP contribution in [0.4, 0.5) is 0 Å². The van der Waals surface area contributed by atoms with E-state index in [1.165, 1.54) is 257 Å². The summed E-state index contributed by atoms with van der Waals surface area (Å²) in [5.41, 5.74) is 0. The molecule has 0 saturated carbocycles. The normalized spacial score (nSPS) is 12.7. The highest BCUT2D eigenvalue weighted by Crippen LogP contribution is 2.18. The Morgan fingerprint density at radius 2 is 0.704 bits per heavy atom. The summed E-state index contributed by atoms with van der Waals surface area (Å²) >= 11 is 0. The summed E-state index contributed by atoms with van der Waals surface area (Å²) < 4.78 is 5.48. The van der Waals surface area contributed by atoms with Gasteiger partial charge in [0.15, 0.2) is 0 Å². The van der Waals surface area contributed by atoms with E-state index in [-0.39, 0.29) is 18.5 Å². The monoisotopic (exact) mass is 1000 g/mol. The predicted octanol–water partition coefficient (Wildman–Crippen LogP) is 20.2. The first-order valence-corrected chi connectivity index (χ1v) is 32.1. The van der Waals surface area contributed by atoms with Crippen LogP contribution in [-0.4, -0.2) is 47.4 Å². The number of unbranched alkanes of at least 4 members (excludes halogenated alkanes) is 45. The fourth-order valence-electron chi connectivity index (χ4n) is 10.1. The van der Waals surface area contributed by atoms with Crippen LogP contribution < -0.4 is 5.32 Å². The molecule has 0 spiro atoms. The molecule has 0 aliphatic carbocycles. The van der Waals surface area contributed by atoms with E-state index in [0.29, 0.717) is 25.9 Å². The summed E-state index contributed by atoms with van der Waals surface area (Å²) in [5.74, 6) is -0.0661. The summed E-state index contributed by atoms with van der Waals surface area (Å²) in [4.78, 5) is 24.6. The highest BCUT2D eigenvalue weighted by atomic mass is 16.5. The minimum absolute atomic E-state index is 0.0160. The Kier molecular flexibility index (Phi) is 59.5. The van der Waals surface area contributed by atoms with Gasteiger partial charge in [0.1, 0.15) is 0 Å². The van der Waals surface area contributed by atoms with Crippen molar-refractivity contribution in [1.29, 1.82) is 0 Å². The highest BCUT2D eigenvalue weighted by Gasteiger charge is 2.20. The van der Waals surface area contributed by atoms with E-state index >= 15 is 0 Å². The molecule has 1 amide bonds. The Labute approximate surface area is 443 Å². The Hall–Kier alpha value is -1.66. The fourth-order valence-corrected chi connectivity index (χ4v) is 10.1. The van der Waals surface area contributed by atoms with Gasteiger partial charge in [0.25, 0.3) is 0 Å². The van der Waals surface area contributed by atoms with Crippen molar-refractivity contribution in [3.8, 4) is 0 Å². The molecule has 3 N–H and O–H groups in total. The summed E-state index contributed by atoms with van der Waals surface area (Å²) in [7, 11) is 0. The van der Waals surface area contributed by atoms with Crippen molar-refractivity contribution >= 4 is 11.9 Å². The molecule has 0 aliphatic heterocycles. The maximum absolute atomic E-state index is 12.5. The lowest BCUT2D eigenvalue weighted by molar-refractivity contribution is -0.143. The molecule has 71 heavy (non-hydrogen) atoms. The number of aliphatic hydroxyl groups is 2. The maximum atomic E-state index is 12.5. The second-order valence-electron chi connectivity index (χ2n) is 22.1. The minimum Gasteiger partial charge on any atom is -0.466 e. The lowest BCUT2D eigenvalue weighted by atomic mass is 10.0. The third-order valence-corrected chi connectivity index (χ3v) is 15.0. The second-order valence-corrected chi connectivity index (χ2v) is 22.1. The average Bonchev–Trinajstić information content (AvgIpc) is 3.37. The Bertz CT molecular complexity index is 1110. The van der Waals surface area contributed by atoms with Gasteiger partial charge in [-0.1, -0.05) is 308 Å². The number of carbonyl (C=O) groups is 2. The van der Waals surface area contributed by atoms with Gasteiger partial charge in [-0.05, 0) is 57.8 Å². The summed E-state index contributed by atoms with van der Waals surface area (Å²) in [6.45, 7) is 4.92. The zero-order valence-corrected chi connectivity index (χ0v) is 48.0. The van der Waals surface area contributed by atoms with Gasteiger partial charge in [-0.25, -0.2) is 0 Å². The van der Waals surface area contributed by atoms with Gasteiger partial charge in [-0.2, -0.15) is 0 Å². The standard InChI is InChI=1S/C65H125NO5/c1-3-5-7-9-11-13-15-17-19-21-23-24-25-26-27-29-30-32-34-37-41-45-49-53-57-63(68)62(61-67)66-64(69)58-54-50-46-42-38-36-40-44-48-52-56-60-71-65(70)59-55-51-47-43-39-35-33-31-28-22-20-18-16-14-12-10-8-6-4-2/h12,14,18,20,62-63,67-68H,3-11,13,15-17,19,21-61H2,1-2H3,(H,66,69)/b14-12-,20-18-. The van der Waals surface area contributed by atoms with Gasteiger partial charge in [-0.15, -0.1) is 0 Å². The van der Waals surface area contributed by atoms with Gasteiger partial charge in [0, 0.05) is 12.8 Å². The summed E-state index contributed by atoms with van der Waals surface area (Å²) in [5, 5.41) is 23.4. The van der Waals surface area contributed by atoms with Gasteiger partial charge < -0.3 is 20.3 Å². The number of carbonyl (C=O) groups excluding carboxylic acids is 2. The molecular weight excluding hydrogens is 875 g/mol. The smallest absolute Gasteiger partial charge is 0.305 e. The lowest BCUT2D eigenvalue weighted by Crippen LogP contribution is -2.45. The molecule has 0 aromatic carbocycles. The molecule has 0 aliphatic rings. The molecule has 0 rings (SSSR count). The van der Waals surface area contributed by atoms with E-state index in [4.69, 9.17) is 4.74 Å². The molecule has 6 nitrogen and oxygen atoms in total. The first kappa shape index (κ1) is 69.3. The van der Waals surface area contributed by atoms with Gasteiger partial charge in [0.2, 0.25) is 5.91 Å². The number of hydrogen-bond acceptors (Lipinski definition) is 5. The lowest BCUT2D eigenvalue weighted by Gasteiger charge is -2.22.